The van der Waals surface area contributed by atoms with Gasteiger partial charge in [-0.3, -0.25) is 0 Å². The lowest BCUT2D eigenvalue weighted by Gasteiger charge is -2.06. The first-order valence-electron chi connectivity index (χ1n) is 12.4. The number of fused-ring (bicyclic) bond motifs is 6. The van der Waals surface area contributed by atoms with Crippen molar-refractivity contribution in [2.75, 3.05) is 0 Å². The molecule has 0 radical (unpaired) electrons. The molecular weight excluding hydrogens is 660 g/mol. The lowest BCUT2D eigenvalue weighted by Crippen LogP contribution is -2.31. The van der Waals surface area contributed by atoms with E-state index >= 15 is 0 Å². The minimum absolute atomic E-state index is 0.00714. The number of hydrogen-bond donors (Lipinski definition) is 0. The van der Waals surface area contributed by atoms with Gasteiger partial charge in [0.25, 0.3) is 0 Å². The van der Waals surface area contributed by atoms with Gasteiger partial charge in [0.2, 0.25) is 11.0 Å². The number of aromatic nitrogens is 6. The Kier molecular flexibility index (Phi) is 9.06. The van der Waals surface area contributed by atoms with Gasteiger partial charge in [-0.05, 0) is 0 Å². The highest BCUT2D eigenvalue weighted by Gasteiger charge is 2.27. The van der Waals surface area contributed by atoms with Crippen LogP contribution >= 0.6 is 0 Å². The van der Waals surface area contributed by atoms with E-state index in [0.717, 1.165) is 24.3 Å². The SMILES string of the molecule is N#CC(C#N)=c1c(F)c(F)c(=C(C#N)C#N)c(F)c1F.[C-]#[N+]c1nc2c(nc1C#N)c1nc(C#N)c(C#N)nc1c1nc(C#N)c([N+]#[C-])nc12. The molecule has 0 aliphatic carbocycles. The summed E-state index contributed by atoms with van der Waals surface area (Å²) in [5, 5.41) is 68.1. The van der Waals surface area contributed by atoms with Gasteiger partial charge in [0.15, 0.2) is 46.0 Å². The van der Waals surface area contributed by atoms with E-state index in [9.17, 15) is 38.6 Å². The van der Waals surface area contributed by atoms with E-state index in [1.165, 1.54) is 0 Å². The van der Waals surface area contributed by atoms with Gasteiger partial charge in [-0.2, -0.15) is 42.1 Å². The fourth-order valence-electron chi connectivity index (χ4n) is 4.09. The zero-order valence-electron chi connectivity index (χ0n) is 23.7. The molecular formula is C30F4N16. The van der Waals surface area contributed by atoms with Crippen molar-refractivity contribution in [3.8, 4) is 48.6 Å². The molecule has 0 N–H and O–H groups in total. The molecule has 50 heavy (non-hydrogen) atoms. The highest BCUT2D eigenvalue weighted by molar-refractivity contribution is 6.18. The van der Waals surface area contributed by atoms with Crippen LogP contribution in [0.5, 0.6) is 0 Å². The van der Waals surface area contributed by atoms with E-state index in [4.69, 9.17) is 34.2 Å². The summed E-state index contributed by atoms with van der Waals surface area (Å²) in [6.45, 7) is 14.5. The average Bonchev–Trinajstić information content (AvgIpc) is 3.15. The standard InChI is InChI=1S/C18N12.C12F4N4/c1-23-17-9(5-21)27-13-11-12(26-8(4-20)7(3-19)25-11)14-16(15(13)29-17)30-18(24-2)10(6-22)28-14;13-9-7(5(1-17)2-18)10(14)12(16)8(11(9)15)6(3-19)4-20. The molecule has 0 atom stereocenters. The van der Waals surface area contributed by atoms with Gasteiger partial charge < -0.3 is 9.69 Å². The largest absolute Gasteiger partial charge is 0.358 e. The molecule has 0 aliphatic heterocycles. The summed E-state index contributed by atoms with van der Waals surface area (Å²) in [4.78, 5) is 31.1. The van der Waals surface area contributed by atoms with Crippen molar-refractivity contribution in [1.82, 2.24) is 29.9 Å². The van der Waals surface area contributed by atoms with Crippen LogP contribution in [0.25, 0.3) is 53.9 Å². The van der Waals surface area contributed by atoms with Gasteiger partial charge in [-0.1, -0.05) is 13.1 Å². The molecule has 0 amide bonds. The molecule has 3 aromatic heterocycles. The van der Waals surface area contributed by atoms with Crippen molar-refractivity contribution in [2.45, 2.75) is 0 Å². The third-order valence-corrected chi connectivity index (χ3v) is 6.17. The first kappa shape index (κ1) is 33.7. The van der Waals surface area contributed by atoms with Crippen molar-refractivity contribution in [2.24, 2.45) is 0 Å². The first-order chi connectivity index (χ1) is 24.0. The van der Waals surface area contributed by atoms with Crippen LogP contribution in [0.4, 0.5) is 29.2 Å². The molecule has 3 heterocycles. The van der Waals surface area contributed by atoms with Crippen LogP contribution in [0.2, 0.25) is 0 Å². The van der Waals surface area contributed by atoms with Gasteiger partial charge in [-0.25, -0.2) is 37.5 Å². The normalized spacial score (nSPS) is 9.40. The first-order valence-corrected chi connectivity index (χ1v) is 12.4. The highest BCUT2D eigenvalue weighted by Crippen LogP contribution is 2.33. The topological polar surface area (TPSA) is 276 Å². The quantitative estimate of drug-likeness (QED) is 0.0999. The van der Waals surface area contributed by atoms with Crippen molar-refractivity contribution in [3.05, 3.63) is 79.3 Å². The van der Waals surface area contributed by atoms with Gasteiger partial charge in [0.1, 0.15) is 81.8 Å². The van der Waals surface area contributed by atoms with Crippen LogP contribution in [0.3, 0.4) is 0 Å². The lowest BCUT2D eigenvalue weighted by atomic mass is 10.1. The Morgan fingerprint density at radius 3 is 0.880 bits per heavy atom. The van der Waals surface area contributed by atoms with Crippen LogP contribution in [-0.2, 0) is 0 Å². The van der Waals surface area contributed by atoms with Gasteiger partial charge >= 0.3 is 11.6 Å². The van der Waals surface area contributed by atoms with Crippen LogP contribution < -0.4 is 10.4 Å². The predicted octanol–water partition coefficient (Wildman–Crippen LogP) is 2.74. The summed E-state index contributed by atoms with van der Waals surface area (Å²) in [6, 6.07) is 11.4. The number of nitrogens with zero attached hydrogens (tertiary/aromatic N) is 16. The molecule has 228 valence electrons. The van der Waals surface area contributed by atoms with E-state index in [-0.39, 0.29) is 67.5 Å². The maximum Gasteiger partial charge on any atom is 0.307 e. The summed E-state index contributed by atoms with van der Waals surface area (Å²) in [7, 11) is 0. The summed E-state index contributed by atoms with van der Waals surface area (Å²) >= 11 is 0. The van der Waals surface area contributed by atoms with Crippen LogP contribution in [0, 0.1) is 127 Å². The van der Waals surface area contributed by atoms with Crippen molar-refractivity contribution in [3.63, 3.8) is 0 Å². The summed E-state index contributed by atoms with van der Waals surface area (Å²) in [6.07, 6.45) is 0. The van der Waals surface area contributed by atoms with Crippen LogP contribution in [0.15, 0.2) is 0 Å². The second-order valence-electron chi connectivity index (χ2n) is 8.68. The predicted molar refractivity (Wildman–Crippen MR) is 152 cm³/mol. The minimum Gasteiger partial charge on any atom is -0.358 e. The Morgan fingerprint density at radius 1 is 0.420 bits per heavy atom. The Balaban J connectivity index is 0.000000246. The molecule has 0 spiro atoms. The second kappa shape index (κ2) is 13.4. The van der Waals surface area contributed by atoms with E-state index in [1.807, 2.05) is 0 Å². The van der Waals surface area contributed by atoms with Gasteiger partial charge in [-0.15, -0.1) is 9.97 Å². The summed E-state index contributed by atoms with van der Waals surface area (Å²) < 4.78 is 54.5. The van der Waals surface area contributed by atoms with E-state index in [2.05, 4.69) is 39.6 Å². The molecule has 0 saturated carbocycles. The summed E-state index contributed by atoms with van der Waals surface area (Å²) in [5.74, 6) is -8.72. The van der Waals surface area contributed by atoms with Gasteiger partial charge in [0, 0.05) is 0 Å². The molecule has 16 nitrogen and oxygen atoms in total. The molecule has 0 aliphatic rings. The molecule has 0 fully saturated rings. The zero-order chi connectivity index (χ0) is 36.9. The lowest BCUT2D eigenvalue weighted by molar-refractivity contribution is 0.434. The highest BCUT2D eigenvalue weighted by atomic mass is 19.2. The fourth-order valence-corrected chi connectivity index (χ4v) is 4.09. The fraction of sp³-hybridized carbons (Fsp3) is 0. The Hall–Kier alpha value is -9.18. The molecule has 5 aromatic rings. The van der Waals surface area contributed by atoms with Crippen LogP contribution in [0.1, 0.15) is 22.8 Å². The third-order valence-electron chi connectivity index (χ3n) is 6.17. The molecule has 0 saturated heterocycles. The number of halogens is 4. The minimum atomic E-state index is -2.03. The van der Waals surface area contributed by atoms with Gasteiger partial charge in [0.05, 0.1) is 10.4 Å². The monoisotopic (exact) mass is 660 g/mol. The molecule has 0 unspecified atom stereocenters. The number of hydrogen-bond acceptors (Lipinski definition) is 14. The molecule has 0 bridgehead atoms. The maximum atomic E-state index is 13.6. The van der Waals surface area contributed by atoms with E-state index in [0.29, 0.717) is 0 Å². The Labute approximate surface area is 273 Å². The maximum absolute atomic E-state index is 13.6. The van der Waals surface area contributed by atoms with Crippen LogP contribution in [-0.4, -0.2) is 29.9 Å². The Morgan fingerprint density at radius 2 is 0.660 bits per heavy atom. The second-order valence-corrected chi connectivity index (χ2v) is 8.68. The van der Waals surface area contributed by atoms with Crippen molar-refractivity contribution < 1.29 is 17.6 Å². The van der Waals surface area contributed by atoms with Crippen molar-refractivity contribution in [1.29, 1.82) is 42.1 Å². The molecule has 2 aromatic carbocycles. The molecule has 20 heteroatoms. The van der Waals surface area contributed by atoms with E-state index in [1.54, 1.807) is 24.3 Å². The molecule has 5 rings (SSSR count). The van der Waals surface area contributed by atoms with E-state index < -0.39 is 44.9 Å². The third kappa shape index (κ3) is 5.25. The Bertz CT molecular complexity index is 2490. The average molecular weight is 660 g/mol. The number of nitriles is 8. The number of rotatable bonds is 0. The number of benzene rings is 2. The zero-order valence-corrected chi connectivity index (χ0v) is 23.7. The summed E-state index contributed by atoms with van der Waals surface area (Å²) in [5.41, 5.74) is -3.55. The van der Waals surface area contributed by atoms with Crippen molar-refractivity contribution >= 4 is 55.9 Å². The smallest absolute Gasteiger partial charge is 0.307 e.